The van der Waals surface area contributed by atoms with Crippen molar-refractivity contribution < 1.29 is 28.6 Å². The van der Waals surface area contributed by atoms with Crippen LogP contribution >= 0.6 is 0 Å². The number of quaternary nitrogens is 1. The number of carbonyl (C=O) groups is 2. The molecule has 0 aliphatic carbocycles. The summed E-state index contributed by atoms with van der Waals surface area (Å²) >= 11 is 0. The molecule has 0 atom stereocenters. The largest absolute Gasteiger partial charge is 0.459 e. The first kappa shape index (κ1) is 21.2. The number of carbonyl (C=O) groups excluding carboxylic acids is 2. The van der Waals surface area contributed by atoms with E-state index in [1.54, 1.807) is 6.07 Å². The molecule has 0 spiro atoms. The predicted octanol–water partition coefficient (Wildman–Crippen LogP) is -0.01000. The van der Waals surface area contributed by atoms with Crippen molar-refractivity contribution in [1.29, 1.82) is 0 Å². The molecular weight excluding hydrogens is 392 g/mol. The first-order valence-corrected chi connectivity index (χ1v) is 9.53. The van der Waals surface area contributed by atoms with E-state index in [1.807, 2.05) is 0 Å². The molecule has 10 nitrogen and oxygen atoms in total. The number of nitro groups is 1. The Balaban J connectivity index is 1.69. The van der Waals surface area contributed by atoms with Gasteiger partial charge < -0.3 is 24.7 Å². The number of ether oxygens (including phenoxy) is 1. The van der Waals surface area contributed by atoms with Crippen LogP contribution in [-0.4, -0.2) is 56.1 Å². The first-order chi connectivity index (χ1) is 14.5. The summed E-state index contributed by atoms with van der Waals surface area (Å²) in [4.78, 5) is 36.7. The standard InChI is InChI=1S/C20H22N4O6/c25-19(21-7-8-23-9-12-29-13-10-23)17(22-20(26)18-2-1-11-30-18)14-15-3-5-16(6-4-15)24(27)28/h1-6,11,14H,7-10,12-13H2,(H,21,25)(H,22,26)/p+1/b17-14+. The summed E-state index contributed by atoms with van der Waals surface area (Å²) in [5, 5.41) is 16.2. The van der Waals surface area contributed by atoms with Crippen LogP contribution in [0, 0.1) is 10.1 Å². The molecule has 3 N–H and O–H groups in total. The van der Waals surface area contributed by atoms with E-state index in [4.69, 9.17) is 9.15 Å². The Hall–Kier alpha value is -3.50. The molecule has 1 fully saturated rings. The number of morpholine rings is 1. The Morgan fingerprint density at radius 2 is 1.90 bits per heavy atom. The Bertz CT molecular complexity index is 902. The highest BCUT2D eigenvalue weighted by atomic mass is 16.6. The quantitative estimate of drug-likeness (QED) is 0.316. The lowest BCUT2D eigenvalue weighted by Gasteiger charge is -2.23. The Labute approximate surface area is 172 Å². The van der Waals surface area contributed by atoms with Gasteiger partial charge in [0, 0.05) is 12.1 Å². The highest BCUT2D eigenvalue weighted by Gasteiger charge is 2.18. The number of hydrogen-bond acceptors (Lipinski definition) is 6. The second kappa shape index (κ2) is 10.3. The maximum atomic E-state index is 12.7. The summed E-state index contributed by atoms with van der Waals surface area (Å²) in [6.07, 6.45) is 2.82. The molecular formula is C20H23N4O6+. The fourth-order valence-corrected chi connectivity index (χ4v) is 2.97. The minimum atomic E-state index is -0.567. The third-order valence-electron chi connectivity index (χ3n) is 4.62. The summed E-state index contributed by atoms with van der Waals surface area (Å²) in [5.41, 5.74) is 0.484. The number of amides is 2. The molecule has 1 aliphatic rings. The van der Waals surface area contributed by atoms with Gasteiger partial charge in [0.05, 0.1) is 37.5 Å². The second-order valence-corrected chi connectivity index (χ2v) is 6.71. The molecule has 1 aromatic carbocycles. The number of furan rings is 1. The lowest BCUT2D eigenvalue weighted by Crippen LogP contribution is -3.14. The summed E-state index contributed by atoms with van der Waals surface area (Å²) in [6.45, 7) is 4.35. The Kier molecular flexibility index (Phi) is 7.30. The van der Waals surface area contributed by atoms with Gasteiger partial charge in [-0.25, -0.2) is 0 Å². The van der Waals surface area contributed by atoms with Crippen molar-refractivity contribution in [1.82, 2.24) is 10.6 Å². The molecule has 2 amide bonds. The van der Waals surface area contributed by atoms with Crippen LogP contribution in [0.5, 0.6) is 0 Å². The molecule has 10 heteroatoms. The molecule has 0 saturated carbocycles. The van der Waals surface area contributed by atoms with Crippen molar-refractivity contribution in [3.05, 3.63) is 69.8 Å². The fourth-order valence-electron chi connectivity index (χ4n) is 2.97. The fraction of sp³-hybridized carbons (Fsp3) is 0.300. The Morgan fingerprint density at radius 1 is 1.17 bits per heavy atom. The highest BCUT2D eigenvalue weighted by Crippen LogP contribution is 2.14. The van der Waals surface area contributed by atoms with E-state index in [-0.39, 0.29) is 17.1 Å². The molecule has 0 bridgehead atoms. The van der Waals surface area contributed by atoms with Crippen molar-refractivity contribution in [2.75, 3.05) is 39.4 Å². The number of non-ortho nitro benzene ring substituents is 1. The topological polar surface area (TPSA) is 128 Å². The summed E-state index contributed by atoms with van der Waals surface area (Å²) in [7, 11) is 0. The van der Waals surface area contributed by atoms with Crippen LogP contribution in [-0.2, 0) is 9.53 Å². The zero-order valence-corrected chi connectivity index (χ0v) is 16.3. The van der Waals surface area contributed by atoms with Gasteiger partial charge in [0.15, 0.2) is 5.76 Å². The molecule has 2 heterocycles. The van der Waals surface area contributed by atoms with Gasteiger partial charge in [0.25, 0.3) is 17.5 Å². The average Bonchev–Trinajstić information content (AvgIpc) is 3.29. The van der Waals surface area contributed by atoms with E-state index in [0.29, 0.717) is 25.3 Å². The lowest BCUT2D eigenvalue weighted by molar-refractivity contribution is -0.906. The van der Waals surface area contributed by atoms with Crippen molar-refractivity contribution in [3.8, 4) is 0 Å². The van der Waals surface area contributed by atoms with E-state index in [2.05, 4.69) is 10.6 Å². The van der Waals surface area contributed by atoms with E-state index >= 15 is 0 Å². The van der Waals surface area contributed by atoms with Crippen LogP contribution in [0.1, 0.15) is 16.1 Å². The van der Waals surface area contributed by atoms with Gasteiger partial charge in [-0.05, 0) is 35.9 Å². The molecule has 30 heavy (non-hydrogen) atoms. The average molecular weight is 415 g/mol. The van der Waals surface area contributed by atoms with E-state index in [9.17, 15) is 19.7 Å². The molecule has 1 aliphatic heterocycles. The summed E-state index contributed by atoms with van der Waals surface area (Å²) in [5.74, 6) is -0.960. The monoisotopic (exact) mass is 415 g/mol. The molecule has 1 saturated heterocycles. The van der Waals surface area contributed by atoms with Crippen LogP contribution in [0.3, 0.4) is 0 Å². The van der Waals surface area contributed by atoms with Crippen LogP contribution in [0.25, 0.3) is 6.08 Å². The van der Waals surface area contributed by atoms with Crippen LogP contribution in [0.4, 0.5) is 5.69 Å². The Morgan fingerprint density at radius 3 is 2.53 bits per heavy atom. The van der Waals surface area contributed by atoms with E-state index in [1.165, 1.54) is 47.6 Å². The highest BCUT2D eigenvalue weighted by molar-refractivity contribution is 6.04. The number of nitrogens with zero attached hydrogens (tertiary/aromatic N) is 1. The number of rotatable bonds is 8. The van der Waals surface area contributed by atoms with Gasteiger partial charge in [-0.15, -0.1) is 0 Å². The summed E-state index contributed by atoms with van der Waals surface area (Å²) < 4.78 is 10.4. The van der Waals surface area contributed by atoms with Gasteiger partial charge in [0.1, 0.15) is 18.8 Å². The maximum Gasteiger partial charge on any atom is 0.291 e. The lowest BCUT2D eigenvalue weighted by atomic mass is 10.1. The van der Waals surface area contributed by atoms with Gasteiger partial charge in [-0.2, -0.15) is 0 Å². The minimum Gasteiger partial charge on any atom is -0.459 e. The number of nitrogens with one attached hydrogen (secondary N) is 3. The van der Waals surface area contributed by atoms with Crippen LogP contribution < -0.4 is 15.5 Å². The van der Waals surface area contributed by atoms with Gasteiger partial charge >= 0.3 is 0 Å². The van der Waals surface area contributed by atoms with Crippen molar-refractivity contribution in [2.45, 2.75) is 0 Å². The van der Waals surface area contributed by atoms with Crippen LogP contribution in [0.15, 0.2) is 52.8 Å². The second-order valence-electron chi connectivity index (χ2n) is 6.71. The molecule has 1 aromatic heterocycles. The smallest absolute Gasteiger partial charge is 0.291 e. The number of nitro benzene ring substituents is 1. The van der Waals surface area contributed by atoms with E-state index < -0.39 is 16.7 Å². The molecule has 3 rings (SSSR count). The van der Waals surface area contributed by atoms with Crippen molar-refractivity contribution >= 4 is 23.6 Å². The van der Waals surface area contributed by atoms with Crippen LogP contribution in [0.2, 0.25) is 0 Å². The number of benzene rings is 1. The SMILES string of the molecule is O=C(NCC[NH+]1CCOCC1)/C(=C\c1ccc([N+](=O)[O-])cc1)NC(=O)c1ccco1. The molecule has 2 aromatic rings. The zero-order chi connectivity index (χ0) is 21.3. The molecule has 158 valence electrons. The van der Waals surface area contributed by atoms with Gasteiger partial charge in [-0.3, -0.25) is 19.7 Å². The third-order valence-corrected chi connectivity index (χ3v) is 4.62. The van der Waals surface area contributed by atoms with E-state index in [0.717, 1.165) is 19.6 Å². The first-order valence-electron chi connectivity index (χ1n) is 9.53. The molecule has 0 unspecified atom stereocenters. The minimum absolute atomic E-state index is 0.0160. The van der Waals surface area contributed by atoms with Crippen molar-refractivity contribution in [3.63, 3.8) is 0 Å². The third kappa shape index (κ3) is 6.00. The van der Waals surface area contributed by atoms with Gasteiger partial charge in [0.2, 0.25) is 0 Å². The van der Waals surface area contributed by atoms with Crippen molar-refractivity contribution in [2.24, 2.45) is 0 Å². The normalized spacial score (nSPS) is 14.9. The summed E-state index contributed by atoms with van der Waals surface area (Å²) in [6, 6.07) is 8.72. The number of hydrogen-bond donors (Lipinski definition) is 3. The molecule has 0 radical (unpaired) electrons. The predicted molar refractivity (Wildman–Crippen MR) is 107 cm³/mol. The zero-order valence-electron chi connectivity index (χ0n) is 16.3. The maximum absolute atomic E-state index is 12.7. The van der Waals surface area contributed by atoms with Gasteiger partial charge in [-0.1, -0.05) is 0 Å².